The van der Waals surface area contributed by atoms with E-state index in [9.17, 15) is 9.18 Å². The number of benzene rings is 1. The van der Waals surface area contributed by atoms with E-state index >= 15 is 0 Å². The molecule has 3 rings (SSSR count). The van der Waals surface area contributed by atoms with Crippen LogP contribution in [-0.4, -0.2) is 32.8 Å². The fourth-order valence-electron chi connectivity index (χ4n) is 2.78. The summed E-state index contributed by atoms with van der Waals surface area (Å²) in [5.74, 6) is 0.255. The van der Waals surface area contributed by atoms with Gasteiger partial charge in [-0.05, 0) is 29.3 Å². The second-order valence-electron chi connectivity index (χ2n) is 5.75. The van der Waals surface area contributed by atoms with Gasteiger partial charge in [-0.15, -0.1) is 0 Å². The molecule has 1 aromatic carbocycles. The SMILES string of the molecule is CCc1ncc(C(=O)N(C)[C@H](c2ccc(F)cc2)c2cccnc2)[nH]1. The number of halogens is 1. The van der Waals surface area contributed by atoms with E-state index in [1.54, 1.807) is 42.7 Å². The first kappa shape index (κ1) is 16.8. The molecule has 6 heteroatoms. The molecule has 1 amide bonds. The summed E-state index contributed by atoms with van der Waals surface area (Å²) in [6.07, 6.45) is 5.65. The van der Waals surface area contributed by atoms with Gasteiger partial charge in [-0.25, -0.2) is 9.37 Å². The number of amides is 1. The lowest BCUT2D eigenvalue weighted by atomic mass is 9.98. The maximum Gasteiger partial charge on any atom is 0.272 e. The van der Waals surface area contributed by atoms with Crippen LogP contribution in [-0.2, 0) is 6.42 Å². The molecule has 1 atom stereocenters. The number of aromatic nitrogens is 3. The molecule has 0 aliphatic rings. The number of aromatic amines is 1. The molecule has 0 spiro atoms. The van der Waals surface area contributed by atoms with E-state index in [-0.39, 0.29) is 17.8 Å². The molecule has 2 heterocycles. The Morgan fingerprint density at radius 3 is 2.56 bits per heavy atom. The monoisotopic (exact) mass is 338 g/mol. The summed E-state index contributed by atoms with van der Waals surface area (Å²) in [5.41, 5.74) is 2.08. The topological polar surface area (TPSA) is 61.9 Å². The van der Waals surface area contributed by atoms with Gasteiger partial charge in [-0.3, -0.25) is 9.78 Å². The summed E-state index contributed by atoms with van der Waals surface area (Å²) in [7, 11) is 1.72. The molecule has 2 aromatic heterocycles. The van der Waals surface area contributed by atoms with Gasteiger partial charge in [0.1, 0.15) is 17.3 Å². The molecule has 128 valence electrons. The second-order valence-corrected chi connectivity index (χ2v) is 5.75. The maximum absolute atomic E-state index is 13.3. The number of nitrogens with zero attached hydrogens (tertiary/aromatic N) is 3. The molecule has 0 radical (unpaired) electrons. The van der Waals surface area contributed by atoms with E-state index in [0.29, 0.717) is 5.69 Å². The molecule has 3 aromatic rings. The van der Waals surface area contributed by atoms with Crippen molar-refractivity contribution in [3.05, 3.63) is 83.5 Å². The number of carbonyl (C=O) groups excluding carboxylic acids is 1. The number of pyridine rings is 1. The number of hydrogen-bond donors (Lipinski definition) is 1. The Morgan fingerprint density at radius 2 is 1.96 bits per heavy atom. The molecule has 0 unspecified atom stereocenters. The molecule has 1 N–H and O–H groups in total. The van der Waals surface area contributed by atoms with Crippen LogP contribution in [0.2, 0.25) is 0 Å². The van der Waals surface area contributed by atoms with Crippen LogP contribution < -0.4 is 0 Å². The Labute approximate surface area is 145 Å². The standard InChI is InChI=1S/C19H19FN4O/c1-3-17-22-12-16(23-17)19(25)24(2)18(14-5-4-10-21-11-14)13-6-8-15(20)9-7-13/h4-12,18H,3H2,1-2H3,(H,22,23)/t18-/m1/s1. The van der Waals surface area contributed by atoms with Crippen molar-refractivity contribution in [2.45, 2.75) is 19.4 Å². The van der Waals surface area contributed by atoms with E-state index in [1.807, 2.05) is 19.1 Å². The fraction of sp³-hybridized carbons (Fsp3) is 0.211. The van der Waals surface area contributed by atoms with Crippen LogP contribution in [0.1, 0.15) is 40.4 Å². The Balaban J connectivity index is 1.98. The van der Waals surface area contributed by atoms with E-state index in [0.717, 1.165) is 23.4 Å². The van der Waals surface area contributed by atoms with Gasteiger partial charge in [0.2, 0.25) is 0 Å². The highest BCUT2D eigenvalue weighted by molar-refractivity contribution is 5.92. The Bertz CT molecular complexity index is 845. The summed E-state index contributed by atoms with van der Waals surface area (Å²) in [6.45, 7) is 1.97. The van der Waals surface area contributed by atoms with Gasteiger partial charge in [0.25, 0.3) is 5.91 Å². The van der Waals surface area contributed by atoms with Gasteiger partial charge in [0, 0.05) is 25.9 Å². The maximum atomic E-state index is 13.3. The van der Waals surface area contributed by atoms with Gasteiger partial charge in [0.15, 0.2) is 0 Å². The zero-order valence-electron chi connectivity index (χ0n) is 14.1. The van der Waals surface area contributed by atoms with Crippen LogP contribution in [0.3, 0.4) is 0 Å². The quantitative estimate of drug-likeness (QED) is 0.776. The average Bonchev–Trinajstić information content (AvgIpc) is 3.13. The van der Waals surface area contributed by atoms with Crippen LogP contribution in [0.25, 0.3) is 0 Å². The van der Waals surface area contributed by atoms with Crippen molar-refractivity contribution in [2.24, 2.45) is 0 Å². The van der Waals surface area contributed by atoms with Crippen LogP contribution in [0, 0.1) is 5.82 Å². The second kappa shape index (κ2) is 7.25. The number of rotatable bonds is 5. The summed E-state index contributed by atoms with van der Waals surface area (Å²) in [5, 5.41) is 0. The van der Waals surface area contributed by atoms with Crippen molar-refractivity contribution >= 4 is 5.91 Å². The molecular formula is C19H19FN4O. The molecule has 25 heavy (non-hydrogen) atoms. The lowest BCUT2D eigenvalue weighted by Gasteiger charge is -2.28. The van der Waals surface area contributed by atoms with Crippen LogP contribution in [0.5, 0.6) is 0 Å². The number of nitrogens with one attached hydrogen (secondary N) is 1. The molecular weight excluding hydrogens is 319 g/mol. The highest BCUT2D eigenvalue weighted by Gasteiger charge is 2.25. The third-order valence-corrected chi connectivity index (χ3v) is 4.09. The predicted molar refractivity (Wildman–Crippen MR) is 92.5 cm³/mol. The summed E-state index contributed by atoms with van der Waals surface area (Å²) in [4.78, 5) is 25.9. The van der Waals surface area contributed by atoms with Gasteiger partial charge in [-0.2, -0.15) is 0 Å². The van der Waals surface area contributed by atoms with Gasteiger partial charge < -0.3 is 9.88 Å². The highest BCUT2D eigenvalue weighted by atomic mass is 19.1. The molecule has 0 saturated heterocycles. The first-order valence-electron chi connectivity index (χ1n) is 8.06. The van der Waals surface area contributed by atoms with Gasteiger partial charge in [-0.1, -0.05) is 25.1 Å². The van der Waals surface area contributed by atoms with Crippen molar-refractivity contribution in [1.82, 2.24) is 19.9 Å². The molecule has 0 saturated carbocycles. The van der Waals surface area contributed by atoms with Crippen LogP contribution >= 0.6 is 0 Å². The molecule has 0 bridgehead atoms. The zero-order chi connectivity index (χ0) is 17.8. The van der Waals surface area contributed by atoms with E-state index in [1.165, 1.54) is 12.1 Å². The highest BCUT2D eigenvalue weighted by Crippen LogP contribution is 2.28. The van der Waals surface area contributed by atoms with Crippen LogP contribution in [0.4, 0.5) is 4.39 Å². The Kier molecular flexibility index (Phi) is 4.88. The number of carbonyl (C=O) groups is 1. The Hall–Kier alpha value is -3.02. The summed E-state index contributed by atoms with van der Waals surface area (Å²) >= 11 is 0. The third kappa shape index (κ3) is 3.57. The van der Waals surface area contributed by atoms with E-state index < -0.39 is 0 Å². The fourth-order valence-corrected chi connectivity index (χ4v) is 2.78. The molecule has 5 nitrogen and oxygen atoms in total. The minimum absolute atomic E-state index is 0.189. The number of hydrogen-bond acceptors (Lipinski definition) is 3. The van der Waals surface area contributed by atoms with Crippen molar-refractivity contribution < 1.29 is 9.18 Å². The lowest BCUT2D eigenvalue weighted by molar-refractivity contribution is 0.0749. The van der Waals surface area contributed by atoms with E-state index in [4.69, 9.17) is 0 Å². The smallest absolute Gasteiger partial charge is 0.272 e. The normalized spacial score (nSPS) is 12.0. The van der Waals surface area contributed by atoms with Crippen molar-refractivity contribution in [1.29, 1.82) is 0 Å². The average molecular weight is 338 g/mol. The molecule has 0 aliphatic carbocycles. The number of aryl methyl sites for hydroxylation is 1. The molecule has 0 fully saturated rings. The predicted octanol–water partition coefficient (Wildman–Crippen LogP) is 3.37. The Morgan fingerprint density at radius 1 is 1.20 bits per heavy atom. The minimum Gasteiger partial charge on any atom is -0.338 e. The largest absolute Gasteiger partial charge is 0.338 e. The van der Waals surface area contributed by atoms with E-state index in [2.05, 4.69) is 15.0 Å². The van der Waals surface area contributed by atoms with Crippen molar-refractivity contribution in [3.8, 4) is 0 Å². The summed E-state index contributed by atoms with van der Waals surface area (Å²) in [6, 6.07) is 9.48. The minimum atomic E-state index is -0.379. The van der Waals surface area contributed by atoms with Gasteiger partial charge >= 0.3 is 0 Å². The first-order valence-corrected chi connectivity index (χ1v) is 8.06. The van der Waals surface area contributed by atoms with Crippen molar-refractivity contribution in [3.63, 3.8) is 0 Å². The number of H-pyrrole nitrogens is 1. The third-order valence-electron chi connectivity index (χ3n) is 4.09. The first-order chi connectivity index (χ1) is 12.1. The molecule has 0 aliphatic heterocycles. The van der Waals surface area contributed by atoms with Crippen molar-refractivity contribution in [2.75, 3.05) is 7.05 Å². The lowest BCUT2D eigenvalue weighted by Crippen LogP contribution is -2.32. The summed E-state index contributed by atoms with van der Waals surface area (Å²) < 4.78 is 13.3. The number of imidazole rings is 1. The van der Waals surface area contributed by atoms with Gasteiger partial charge in [0.05, 0.1) is 12.2 Å². The zero-order valence-corrected chi connectivity index (χ0v) is 14.1. The van der Waals surface area contributed by atoms with Crippen LogP contribution in [0.15, 0.2) is 55.0 Å².